The number of pyridine rings is 1. The molecule has 1 unspecified atom stereocenters. The highest BCUT2D eigenvalue weighted by Crippen LogP contribution is 2.17. The van der Waals surface area contributed by atoms with Gasteiger partial charge in [-0.05, 0) is 25.1 Å². The molecule has 0 aromatic carbocycles. The number of hydrogen-bond acceptors (Lipinski definition) is 5. The molecule has 2 aliphatic heterocycles. The molecule has 1 aromatic heterocycles. The molecule has 2 fully saturated rings. The molecule has 1 aromatic rings. The van der Waals surface area contributed by atoms with E-state index in [1.807, 2.05) is 12.1 Å². The van der Waals surface area contributed by atoms with Gasteiger partial charge in [0.2, 0.25) is 5.91 Å². The summed E-state index contributed by atoms with van der Waals surface area (Å²) in [7, 11) is 0. The van der Waals surface area contributed by atoms with E-state index in [9.17, 15) is 4.79 Å². The Labute approximate surface area is 118 Å². The topological polar surface area (TPSA) is 66.5 Å². The Morgan fingerprint density at radius 3 is 2.90 bits per heavy atom. The van der Waals surface area contributed by atoms with Crippen LogP contribution < -0.4 is 15.5 Å². The van der Waals surface area contributed by atoms with E-state index >= 15 is 0 Å². The van der Waals surface area contributed by atoms with Crippen molar-refractivity contribution >= 4 is 17.4 Å². The third-order valence-electron chi connectivity index (χ3n) is 3.78. The van der Waals surface area contributed by atoms with E-state index in [0.29, 0.717) is 0 Å². The second-order valence-corrected chi connectivity index (χ2v) is 5.18. The Hall–Kier alpha value is -1.66. The van der Waals surface area contributed by atoms with Gasteiger partial charge in [0.1, 0.15) is 5.82 Å². The Balaban J connectivity index is 1.59. The zero-order chi connectivity index (χ0) is 13.8. The monoisotopic (exact) mass is 276 g/mol. The van der Waals surface area contributed by atoms with Gasteiger partial charge in [-0.25, -0.2) is 4.98 Å². The molecule has 2 saturated heterocycles. The molecule has 0 radical (unpaired) electrons. The fourth-order valence-corrected chi connectivity index (χ4v) is 2.56. The Morgan fingerprint density at radius 2 is 2.25 bits per heavy atom. The van der Waals surface area contributed by atoms with Crippen molar-refractivity contribution in [3.05, 3.63) is 18.3 Å². The normalized spacial score (nSPS) is 22.8. The van der Waals surface area contributed by atoms with Crippen molar-refractivity contribution in [3.8, 4) is 0 Å². The molecule has 20 heavy (non-hydrogen) atoms. The largest absolute Gasteiger partial charge is 0.378 e. The van der Waals surface area contributed by atoms with Crippen molar-refractivity contribution in [3.63, 3.8) is 0 Å². The maximum Gasteiger partial charge on any atom is 0.228 e. The van der Waals surface area contributed by atoms with Gasteiger partial charge in [0.15, 0.2) is 0 Å². The average molecular weight is 276 g/mol. The van der Waals surface area contributed by atoms with Crippen molar-refractivity contribution in [2.45, 2.75) is 6.42 Å². The molecule has 3 rings (SSSR count). The average Bonchev–Trinajstić information content (AvgIpc) is 3.03. The minimum atomic E-state index is 0.0777. The number of anilines is 2. The molecule has 108 valence electrons. The van der Waals surface area contributed by atoms with Gasteiger partial charge in [-0.1, -0.05) is 0 Å². The standard InChI is InChI=1S/C14H20N4O2/c19-14(11-3-4-15-9-11)17-12-1-2-13(16-10-12)18-5-7-20-8-6-18/h1-2,10-11,15H,3-9H2,(H,17,19). The predicted molar refractivity (Wildman–Crippen MR) is 76.9 cm³/mol. The number of ether oxygens (including phenoxy) is 1. The third-order valence-corrected chi connectivity index (χ3v) is 3.78. The quantitative estimate of drug-likeness (QED) is 0.840. The zero-order valence-electron chi connectivity index (χ0n) is 11.5. The molecular formula is C14H20N4O2. The second-order valence-electron chi connectivity index (χ2n) is 5.18. The lowest BCUT2D eigenvalue weighted by Crippen LogP contribution is -2.36. The second kappa shape index (κ2) is 6.19. The van der Waals surface area contributed by atoms with Crippen LogP contribution in [0.15, 0.2) is 18.3 Å². The van der Waals surface area contributed by atoms with Crippen LogP contribution in [0.4, 0.5) is 11.5 Å². The van der Waals surface area contributed by atoms with Crippen LogP contribution in [0.25, 0.3) is 0 Å². The van der Waals surface area contributed by atoms with Crippen LogP contribution in [0, 0.1) is 5.92 Å². The van der Waals surface area contributed by atoms with E-state index in [1.54, 1.807) is 6.20 Å². The fraction of sp³-hybridized carbons (Fsp3) is 0.571. The van der Waals surface area contributed by atoms with E-state index in [2.05, 4.69) is 20.5 Å². The molecule has 1 amide bonds. The summed E-state index contributed by atoms with van der Waals surface area (Å²) in [6.45, 7) is 4.92. The minimum absolute atomic E-state index is 0.0777. The number of nitrogens with one attached hydrogen (secondary N) is 2. The van der Waals surface area contributed by atoms with Crippen LogP contribution in [0.3, 0.4) is 0 Å². The van der Waals surface area contributed by atoms with E-state index in [0.717, 1.165) is 57.3 Å². The molecule has 0 saturated carbocycles. The first-order chi connectivity index (χ1) is 9.83. The lowest BCUT2D eigenvalue weighted by molar-refractivity contribution is -0.119. The van der Waals surface area contributed by atoms with Crippen LogP contribution >= 0.6 is 0 Å². The van der Waals surface area contributed by atoms with Gasteiger partial charge in [0, 0.05) is 19.6 Å². The molecule has 0 bridgehead atoms. The van der Waals surface area contributed by atoms with Gasteiger partial charge < -0.3 is 20.3 Å². The minimum Gasteiger partial charge on any atom is -0.378 e. The van der Waals surface area contributed by atoms with Gasteiger partial charge in [0.05, 0.1) is 31.0 Å². The number of hydrogen-bond donors (Lipinski definition) is 2. The lowest BCUT2D eigenvalue weighted by atomic mass is 10.1. The molecule has 2 N–H and O–H groups in total. The molecule has 3 heterocycles. The van der Waals surface area contributed by atoms with Crippen LogP contribution in [0.2, 0.25) is 0 Å². The fourth-order valence-electron chi connectivity index (χ4n) is 2.56. The van der Waals surface area contributed by atoms with Crippen LogP contribution in [-0.4, -0.2) is 50.3 Å². The van der Waals surface area contributed by atoms with E-state index in [4.69, 9.17) is 4.74 Å². The number of morpholine rings is 1. The summed E-state index contributed by atoms with van der Waals surface area (Å²) in [5.41, 5.74) is 0.763. The van der Waals surface area contributed by atoms with E-state index in [-0.39, 0.29) is 11.8 Å². The summed E-state index contributed by atoms with van der Waals surface area (Å²) < 4.78 is 5.32. The lowest BCUT2D eigenvalue weighted by Gasteiger charge is -2.27. The summed E-state index contributed by atoms with van der Waals surface area (Å²) in [4.78, 5) is 18.6. The molecule has 6 heteroatoms. The highest BCUT2D eigenvalue weighted by molar-refractivity contribution is 5.92. The first-order valence-electron chi connectivity index (χ1n) is 7.13. The van der Waals surface area contributed by atoms with Crippen molar-refractivity contribution in [2.75, 3.05) is 49.6 Å². The Kier molecular flexibility index (Phi) is 4.13. The van der Waals surface area contributed by atoms with Crippen LogP contribution in [0.5, 0.6) is 0 Å². The molecule has 0 aliphatic carbocycles. The van der Waals surface area contributed by atoms with Gasteiger partial charge in [0.25, 0.3) is 0 Å². The van der Waals surface area contributed by atoms with Gasteiger partial charge in [-0.15, -0.1) is 0 Å². The number of carbonyl (C=O) groups excluding carboxylic acids is 1. The van der Waals surface area contributed by atoms with E-state index in [1.165, 1.54) is 0 Å². The van der Waals surface area contributed by atoms with Gasteiger partial charge >= 0.3 is 0 Å². The number of rotatable bonds is 3. The van der Waals surface area contributed by atoms with Crippen LogP contribution in [-0.2, 0) is 9.53 Å². The van der Waals surface area contributed by atoms with Gasteiger partial charge in [-0.2, -0.15) is 0 Å². The highest BCUT2D eigenvalue weighted by atomic mass is 16.5. The number of nitrogens with zero attached hydrogens (tertiary/aromatic N) is 2. The maximum absolute atomic E-state index is 12.0. The Morgan fingerprint density at radius 1 is 1.40 bits per heavy atom. The SMILES string of the molecule is O=C(Nc1ccc(N2CCOCC2)nc1)C1CCNC1. The Bertz CT molecular complexity index is 451. The molecule has 2 aliphatic rings. The van der Waals surface area contributed by atoms with Gasteiger partial charge in [-0.3, -0.25) is 4.79 Å². The first-order valence-corrected chi connectivity index (χ1v) is 7.13. The highest BCUT2D eigenvalue weighted by Gasteiger charge is 2.22. The first kappa shape index (κ1) is 13.3. The number of aromatic nitrogens is 1. The summed E-state index contributed by atoms with van der Waals surface area (Å²) in [6, 6.07) is 3.87. The smallest absolute Gasteiger partial charge is 0.228 e. The van der Waals surface area contributed by atoms with E-state index < -0.39 is 0 Å². The summed E-state index contributed by atoms with van der Waals surface area (Å²) >= 11 is 0. The van der Waals surface area contributed by atoms with Crippen molar-refractivity contribution in [1.82, 2.24) is 10.3 Å². The molecule has 0 spiro atoms. The number of carbonyl (C=O) groups is 1. The molecular weight excluding hydrogens is 256 g/mol. The maximum atomic E-state index is 12.0. The summed E-state index contributed by atoms with van der Waals surface area (Å²) in [5, 5.41) is 6.13. The predicted octanol–water partition coefficient (Wildman–Crippen LogP) is 0.466. The van der Waals surface area contributed by atoms with Crippen molar-refractivity contribution in [2.24, 2.45) is 5.92 Å². The third kappa shape index (κ3) is 3.08. The summed E-state index contributed by atoms with van der Waals surface area (Å²) in [5.74, 6) is 1.10. The zero-order valence-corrected chi connectivity index (χ0v) is 11.5. The molecule has 6 nitrogen and oxygen atoms in total. The van der Waals surface area contributed by atoms with Crippen molar-refractivity contribution in [1.29, 1.82) is 0 Å². The molecule has 1 atom stereocenters. The van der Waals surface area contributed by atoms with Crippen LogP contribution in [0.1, 0.15) is 6.42 Å². The number of amides is 1. The van der Waals surface area contributed by atoms with Crippen molar-refractivity contribution < 1.29 is 9.53 Å². The summed E-state index contributed by atoms with van der Waals surface area (Å²) in [6.07, 6.45) is 2.64.